The van der Waals surface area contributed by atoms with E-state index in [1.54, 1.807) is 11.8 Å². The number of furan rings is 1. The summed E-state index contributed by atoms with van der Waals surface area (Å²) in [6, 6.07) is 51.5. The van der Waals surface area contributed by atoms with Crippen LogP contribution in [0.15, 0.2) is 160 Å². The van der Waals surface area contributed by atoms with E-state index in [9.17, 15) is 0 Å². The molecule has 0 N–H and O–H groups in total. The molecule has 11 aromatic rings. The molecule has 0 amide bonds. The van der Waals surface area contributed by atoms with Crippen LogP contribution in [0.5, 0.6) is 0 Å². The van der Waals surface area contributed by atoms with E-state index in [0.29, 0.717) is 5.95 Å². The molecular formula is C44H24N4OS. The summed E-state index contributed by atoms with van der Waals surface area (Å²) in [6.07, 6.45) is 0. The van der Waals surface area contributed by atoms with Crippen molar-refractivity contribution in [1.82, 2.24) is 19.1 Å². The lowest BCUT2D eigenvalue weighted by Crippen LogP contribution is -2.06. The van der Waals surface area contributed by atoms with Gasteiger partial charge in [0, 0.05) is 53.4 Å². The first-order chi connectivity index (χ1) is 24.8. The minimum Gasteiger partial charge on any atom is -0.455 e. The largest absolute Gasteiger partial charge is 0.455 e. The van der Waals surface area contributed by atoms with Crippen LogP contribution >= 0.6 is 11.8 Å². The molecular weight excluding hydrogens is 633 g/mol. The summed E-state index contributed by atoms with van der Waals surface area (Å²) in [5.41, 5.74) is 10.2. The zero-order valence-corrected chi connectivity index (χ0v) is 27.3. The van der Waals surface area contributed by atoms with Gasteiger partial charge in [-0.15, -0.1) is 0 Å². The minimum absolute atomic E-state index is 0.656. The van der Waals surface area contributed by atoms with Crippen LogP contribution in [-0.2, 0) is 0 Å². The maximum atomic E-state index is 6.69. The number of rotatable bonds is 2. The Morgan fingerprint density at radius 2 is 1.22 bits per heavy atom. The van der Waals surface area contributed by atoms with E-state index in [-0.39, 0.29) is 0 Å². The van der Waals surface area contributed by atoms with Gasteiger partial charge in [0.25, 0.3) is 0 Å². The van der Waals surface area contributed by atoms with E-state index < -0.39 is 0 Å². The summed E-state index contributed by atoms with van der Waals surface area (Å²) in [6.45, 7) is 0. The maximum absolute atomic E-state index is 6.69. The predicted molar refractivity (Wildman–Crippen MR) is 205 cm³/mol. The van der Waals surface area contributed by atoms with Crippen molar-refractivity contribution < 1.29 is 4.42 Å². The smallest absolute Gasteiger partial charge is 0.235 e. The first kappa shape index (κ1) is 26.6. The number of fused-ring (bicyclic) bond motifs is 13. The third-order valence-corrected chi connectivity index (χ3v) is 11.5. The normalized spacial score (nSPS) is 12.7. The highest BCUT2D eigenvalue weighted by molar-refractivity contribution is 7.99. The van der Waals surface area contributed by atoms with Crippen LogP contribution in [0.3, 0.4) is 0 Å². The third-order valence-electron chi connectivity index (χ3n) is 10.3. The van der Waals surface area contributed by atoms with Crippen LogP contribution in [-0.4, -0.2) is 19.1 Å². The van der Waals surface area contributed by atoms with E-state index in [0.717, 1.165) is 93.4 Å². The Hall–Kier alpha value is -6.37. The molecule has 12 rings (SSSR count). The second-order valence-electron chi connectivity index (χ2n) is 12.9. The fourth-order valence-corrected chi connectivity index (χ4v) is 9.36. The van der Waals surface area contributed by atoms with Gasteiger partial charge in [0.1, 0.15) is 11.2 Å². The molecule has 1 aliphatic heterocycles. The van der Waals surface area contributed by atoms with E-state index in [1.165, 1.54) is 9.79 Å². The molecule has 0 unspecified atom stereocenters. The van der Waals surface area contributed by atoms with Gasteiger partial charge in [-0.05, 0) is 54.6 Å². The predicted octanol–water partition coefficient (Wildman–Crippen LogP) is 11.9. The Balaban J connectivity index is 1.31. The van der Waals surface area contributed by atoms with Gasteiger partial charge in [-0.2, -0.15) is 0 Å². The van der Waals surface area contributed by atoms with Crippen LogP contribution in [0.2, 0.25) is 0 Å². The van der Waals surface area contributed by atoms with Crippen molar-refractivity contribution in [3.63, 3.8) is 0 Å². The van der Waals surface area contributed by atoms with Crippen molar-refractivity contribution in [2.75, 3.05) is 0 Å². The Labute approximate surface area is 289 Å². The van der Waals surface area contributed by atoms with E-state index in [4.69, 9.17) is 14.4 Å². The van der Waals surface area contributed by atoms with Gasteiger partial charge in [-0.1, -0.05) is 103 Å². The molecule has 0 bridgehead atoms. The first-order valence-corrected chi connectivity index (χ1v) is 17.6. The second-order valence-corrected chi connectivity index (χ2v) is 14.0. The van der Waals surface area contributed by atoms with E-state index in [2.05, 4.69) is 149 Å². The van der Waals surface area contributed by atoms with Gasteiger partial charge in [0.2, 0.25) is 5.95 Å². The highest BCUT2D eigenvalue weighted by Crippen LogP contribution is 2.48. The molecule has 50 heavy (non-hydrogen) atoms. The summed E-state index contributed by atoms with van der Waals surface area (Å²) < 4.78 is 11.4. The molecule has 7 aromatic carbocycles. The summed E-state index contributed by atoms with van der Waals surface area (Å²) in [5, 5.41) is 7.87. The fraction of sp³-hybridized carbons (Fsp3) is 0. The van der Waals surface area contributed by atoms with Crippen molar-refractivity contribution in [2.45, 2.75) is 9.79 Å². The lowest BCUT2D eigenvalue weighted by Gasteiger charge is -2.20. The lowest BCUT2D eigenvalue weighted by molar-refractivity contribution is 0.673. The van der Waals surface area contributed by atoms with Gasteiger partial charge in [0.15, 0.2) is 0 Å². The van der Waals surface area contributed by atoms with Crippen molar-refractivity contribution >= 4 is 88.2 Å². The molecule has 5 nitrogen and oxygen atoms in total. The van der Waals surface area contributed by atoms with Gasteiger partial charge in [0.05, 0.1) is 38.7 Å². The average molecular weight is 657 g/mol. The Kier molecular flexibility index (Phi) is 5.11. The number of hydrogen-bond acceptors (Lipinski definition) is 4. The maximum Gasteiger partial charge on any atom is 0.235 e. The molecule has 232 valence electrons. The molecule has 0 saturated heterocycles. The van der Waals surface area contributed by atoms with Crippen molar-refractivity contribution in [2.24, 2.45) is 0 Å². The summed E-state index contributed by atoms with van der Waals surface area (Å²) in [4.78, 5) is 13.2. The zero-order valence-electron chi connectivity index (χ0n) is 26.5. The summed E-state index contributed by atoms with van der Waals surface area (Å²) in [7, 11) is 0. The average Bonchev–Trinajstić information content (AvgIpc) is 3.83. The van der Waals surface area contributed by atoms with Crippen LogP contribution in [0.4, 0.5) is 0 Å². The lowest BCUT2D eigenvalue weighted by atomic mass is 10.1. The molecule has 0 spiro atoms. The number of benzene rings is 7. The first-order valence-electron chi connectivity index (χ1n) is 16.8. The van der Waals surface area contributed by atoms with Gasteiger partial charge < -0.3 is 8.98 Å². The van der Waals surface area contributed by atoms with Crippen LogP contribution in [0.25, 0.3) is 99.3 Å². The van der Waals surface area contributed by atoms with Crippen molar-refractivity contribution in [1.29, 1.82) is 0 Å². The molecule has 4 aromatic heterocycles. The zero-order chi connectivity index (χ0) is 32.5. The quantitative estimate of drug-likeness (QED) is 0.186. The molecule has 0 atom stereocenters. The monoisotopic (exact) mass is 656 g/mol. The highest BCUT2D eigenvalue weighted by Gasteiger charge is 2.27. The van der Waals surface area contributed by atoms with Crippen LogP contribution in [0.1, 0.15) is 0 Å². The molecule has 6 heteroatoms. The van der Waals surface area contributed by atoms with Crippen LogP contribution in [0, 0.1) is 0 Å². The standard InChI is InChI=1S/C44H24N4OS/c1-2-11-25(12-3-1)47-34-24-23-29-27-14-5-8-18-35(27)49-43(29)38(34)31-22-21-28-26-13-4-7-17-33(26)48(41(28)42(31)47)44-45-32-16-10-20-37-39(32)40(46-44)30-15-6-9-19-36(30)50-37/h1-24H. The van der Waals surface area contributed by atoms with E-state index >= 15 is 0 Å². The topological polar surface area (TPSA) is 48.8 Å². The number of nitrogens with zero attached hydrogens (tertiary/aromatic N) is 4. The molecule has 0 radical (unpaired) electrons. The Morgan fingerprint density at radius 3 is 2.16 bits per heavy atom. The molecule has 0 fully saturated rings. The molecule has 1 aliphatic rings. The van der Waals surface area contributed by atoms with Crippen molar-refractivity contribution in [3.8, 4) is 22.9 Å². The number of hydrogen-bond donors (Lipinski definition) is 0. The highest BCUT2D eigenvalue weighted by atomic mass is 32.2. The SMILES string of the molecule is c1ccc(-n2c3ccc4c5ccccc5oc4c3c3ccc4c5ccccc5n(-c5nc6c7c(cccc7n5)Sc5ccccc5-6)c4c32)cc1. The van der Waals surface area contributed by atoms with E-state index in [1.807, 2.05) is 6.07 Å². The minimum atomic E-state index is 0.656. The Morgan fingerprint density at radius 1 is 0.480 bits per heavy atom. The number of para-hydroxylation sites is 3. The van der Waals surface area contributed by atoms with Crippen molar-refractivity contribution in [3.05, 3.63) is 146 Å². The van der Waals surface area contributed by atoms with Gasteiger partial charge >= 0.3 is 0 Å². The number of aromatic nitrogens is 4. The van der Waals surface area contributed by atoms with Gasteiger partial charge in [-0.25, -0.2) is 9.97 Å². The van der Waals surface area contributed by atoms with Gasteiger partial charge in [-0.3, -0.25) is 4.57 Å². The third kappa shape index (κ3) is 3.38. The molecule has 0 aliphatic carbocycles. The molecule has 5 heterocycles. The Bertz CT molecular complexity index is 3240. The summed E-state index contributed by atoms with van der Waals surface area (Å²) in [5.74, 6) is 0.656. The fourth-order valence-electron chi connectivity index (χ4n) is 8.26. The second kappa shape index (κ2) is 9.62. The summed E-state index contributed by atoms with van der Waals surface area (Å²) >= 11 is 1.79. The van der Waals surface area contributed by atoms with Crippen LogP contribution < -0.4 is 0 Å². The molecule has 0 saturated carbocycles.